The van der Waals surface area contributed by atoms with Crippen molar-refractivity contribution in [1.29, 1.82) is 0 Å². The second-order valence-corrected chi connectivity index (χ2v) is 10.5. The van der Waals surface area contributed by atoms with Gasteiger partial charge in [-0.25, -0.2) is 13.8 Å². The predicted octanol–water partition coefficient (Wildman–Crippen LogP) is 4.53. The van der Waals surface area contributed by atoms with E-state index in [2.05, 4.69) is 34.0 Å². The number of methoxy groups -OCH3 is 1. The van der Waals surface area contributed by atoms with Gasteiger partial charge in [0.25, 0.3) is 5.91 Å². The van der Waals surface area contributed by atoms with Crippen LogP contribution < -0.4 is 26.4 Å². The van der Waals surface area contributed by atoms with Gasteiger partial charge in [-0.3, -0.25) is 9.78 Å². The van der Waals surface area contributed by atoms with Crippen LogP contribution in [-0.4, -0.2) is 42.1 Å². The van der Waals surface area contributed by atoms with Crippen LogP contribution in [0.25, 0.3) is 10.6 Å². The van der Waals surface area contributed by atoms with Crippen molar-refractivity contribution < 1.29 is 18.3 Å². The molecule has 2 aromatic heterocycles. The highest BCUT2D eigenvalue weighted by atomic mass is 32.1. The Morgan fingerprint density at radius 3 is 2.69 bits per heavy atom. The van der Waals surface area contributed by atoms with Gasteiger partial charge in [-0.05, 0) is 30.7 Å². The summed E-state index contributed by atoms with van der Waals surface area (Å²) in [4.78, 5) is 23.6. The Morgan fingerprint density at radius 1 is 1.31 bits per heavy atom. The molecule has 1 saturated heterocycles. The van der Waals surface area contributed by atoms with Crippen molar-refractivity contribution in [3.63, 3.8) is 0 Å². The standard InChI is InChI=1S/C25H30F2N6O2S/c1-13(2)6-14-7-15(28)12-33(11-14)20-4-5-30-10-19(20)31-24(34)22-23(29)36-25(32-22)21-17(26)8-16(35-3)9-18(21)27/h4-5,8-10,13-15H,6-7,11-12,28-29H2,1-3H3,(H,31,34). The van der Waals surface area contributed by atoms with Gasteiger partial charge < -0.3 is 26.4 Å². The molecule has 1 aliphatic rings. The second kappa shape index (κ2) is 10.8. The van der Waals surface area contributed by atoms with Gasteiger partial charge in [-0.2, -0.15) is 0 Å². The number of benzene rings is 1. The molecule has 0 saturated carbocycles. The number of rotatable bonds is 7. The summed E-state index contributed by atoms with van der Waals surface area (Å²) in [5.41, 5.74) is 13.2. The van der Waals surface area contributed by atoms with E-state index in [1.807, 2.05) is 6.07 Å². The third kappa shape index (κ3) is 5.57. The molecule has 8 nitrogen and oxygen atoms in total. The van der Waals surface area contributed by atoms with E-state index < -0.39 is 17.5 Å². The number of nitrogens with zero attached hydrogens (tertiary/aromatic N) is 3. The lowest BCUT2D eigenvalue weighted by Crippen LogP contribution is -2.47. The lowest BCUT2D eigenvalue weighted by molar-refractivity contribution is 0.102. The van der Waals surface area contributed by atoms with Gasteiger partial charge in [0, 0.05) is 37.5 Å². The number of hydrogen-bond donors (Lipinski definition) is 3. The van der Waals surface area contributed by atoms with Crippen LogP contribution in [0, 0.1) is 23.5 Å². The minimum absolute atomic E-state index is 0.0187. The molecule has 3 heterocycles. The number of halogens is 2. The third-order valence-corrected chi connectivity index (χ3v) is 7.00. The van der Waals surface area contributed by atoms with Gasteiger partial charge >= 0.3 is 0 Å². The molecule has 1 amide bonds. The highest BCUT2D eigenvalue weighted by Crippen LogP contribution is 2.36. The van der Waals surface area contributed by atoms with Crippen LogP contribution in [0.5, 0.6) is 5.75 Å². The molecule has 36 heavy (non-hydrogen) atoms. The van der Waals surface area contributed by atoms with Crippen LogP contribution in [0.1, 0.15) is 37.2 Å². The number of thiazole rings is 1. The summed E-state index contributed by atoms with van der Waals surface area (Å²) >= 11 is 0.829. The molecule has 192 valence electrons. The topological polar surface area (TPSA) is 119 Å². The highest BCUT2D eigenvalue weighted by molar-refractivity contribution is 7.19. The zero-order valence-corrected chi connectivity index (χ0v) is 21.2. The van der Waals surface area contributed by atoms with E-state index in [1.54, 1.807) is 12.4 Å². The van der Waals surface area contributed by atoms with Gasteiger partial charge in [0.05, 0.1) is 30.2 Å². The van der Waals surface area contributed by atoms with Crippen LogP contribution in [-0.2, 0) is 0 Å². The molecule has 2 atom stereocenters. The van der Waals surface area contributed by atoms with E-state index in [4.69, 9.17) is 16.2 Å². The summed E-state index contributed by atoms with van der Waals surface area (Å²) in [5, 5.41) is 2.82. The lowest BCUT2D eigenvalue weighted by atomic mass is 9.87. The van der Waals surface area contributed by atoms with Crippen molar-refractivity contribution in [3.8, 4) is 16.3 Å². The van der Waals surface area contributed by atoms with E-state index in [0.717, 1.165) is 48.5 Å². The molecule has 0 aliphatic carbocycles. The SMILES string of the molecule is COc1cc(F)c(-c2nc(C(=O)Nc3cnccc3N3CC(N)CC(CC(C)C)C3)c(N)s2)c(F)c1. The molecule has 1 aromatic carbocycles. The van der Waals surface area contributed by atoms with Crippen molar-refractivity contribution >= 4 is 33.6 Å². The number of aromatic nitrogens is 2. The monoisotopic (exact) mass is 516 g/mol. The first-order chi connectivity index (χ1) is 17.2. The Bertz CT molecular complexity index is 1230. The fourth-order valence-corrected chi connectivity index (χ4v) is 5.57. The average Bonchev–Trinajstić information content (AvgIpc) is 3.19. The molecule has 5 N–H and O–H groups in total. The summed E-state index contributed by atoms with van der Waals surface area (Å²) < 4.78 is 34.0. The van der Waals surface area contributed by atoms with Gasteiger partial charge in [-0.15, -0.1) is 0 Å². The van der Waals surface area contributed by atoms with Crippen molar-refractivity contribution in [3.05, 3.63) is 47.9 Å². The van der Waals surface area contributed by atoms with Crippen molar-refractivity contribution in [2.75, 3.05) is 36.1 Å². The summed E-state index contributed by atoms with van der Waals surface area (Å²) in [6.07, 6.45) is 5.23. The zero-order chi connectivity index (χ0) is 26.0. The van der Waals surface area contributed by atoms with E-state index in [1.165, 1.54) is 7.11 Å². The van der Waals surface area contributed by atoms with Crippen molar-refractivity contribution in [1.82, 2.24) is 9.97 Å². The highest BCUT2D eigenvalue weighted by Gasteiger charge is 2.28. The number of piperidine rings is 1. The molecule has 0 radical (unpaired) electrons. The normalized spacial score (nSPS) is 17.9. The van der Waals surface area contributed by atoms with Crippen molar-refractivity contribution in [2.45, 2.75) is 32.7 Å². The number of nitrogens with one attached hydrogen (secondary N) is 1. The average molecular weight is 517 g/mol. The lowest BCUT2D eigenvalue weighted by Gasteiger charge is -2.39. The maximum absolute atomic E-state index is 14.6. The molecule has 1 fully saturated rings. The van der Waals surface area contributed by atoms with Crippen LogP contribution in [0.2, 0.25) is 0 Å². The molecule has 0 bridgehead atoms. The Morgan fingerprint density at radius 2 is 2.03 bits per heavy atom. The molecular weight excluding hydrogens is 486 g/mol. The van der Waals surface area contributed by atoms with Gasteiger partial charge in [0.15, 0.2) is 5.69 Å². The number of carbonyl (C=O) groups excluding carboxylic acids is 1. The number of nitrogens with two attached hydrogens (primary N) is 2. The van der Waals surface area contributed by atoms with Crippen LogP contribution in [0.4, 0.5) is 25.2 Å². The van der Waals surface area contributed by atoms with Gasteiger partial charge in [-0.1, -0.05) is 25.2 Å². The Hall–Kier alpha value is -3.31. The van der Waals surface area contributed by atoms with E-state index >= 15 is 0 Å². The molecular formula is C25H30F2N6O2S. The van der Waals surface area contributed by atoms with Crippen molar-refractivity contribution in [2.24, 2.45) is 17.6 Å². The minimum Gasteiger partial charge on any atom is -0.497 e. The molecule has 3 aromatic rings. The van der Waals surface area contributed by atoms with Crippen LogP contribution >= 0.6 is 11.3 Å². The summed E-state index contributed by atoms with van der Waals surface area (Å²) in [6, 6.07) is 3.95. The number of ether oxygens (including phenoxy) is 1. The maximum Gasteiger partial charge on any atom is 0.277 e. The fraction of sp³-hybridized carbons (Fsp3) is 0.400. The number of amides is 1. The molecule has 2 unspecified atom stereocenters. The third-order valence-electron chi connectivity index (χ3n) is 6.09. The van der Waals surface area contributed by atoms with Crippen LogP contribution in [0.3, 0.4) is 0 Å². The fourth-order valence-electron chi connectivity index (χ4n) is 4.69. The summed E-state index contributed by atoms with van der Waals surface area (Å²) in [7, 11) is 1.31. The Kier molecular flexibility index (Phi) is 7.70. The molecule has 0 spiro atoms. The van der Waals surface area contributed by atoms with E-state index in [-0.39, 0.29) is 33.1 Å². The molecule has 1 aliphatic heterocycles. The van der Waals surface area contributed by atoms with E-state index in [0.29, 0.717) is 24.1 Å². The first kappa shape index (κ1) is 25.8. The molecule has 4 rings (SSSR count). The Balaban J connectivity index is 1.58. The summed E-state index contributed by atoms with van der Waals surface area (Å²) in [6.45, 7) is 5.86. The quantitative estimate of drug-likeness (QED) is 0.422. The van der Waals surface area contributed by atoms with Gasteiger partial charge in [0.2, 0.25) is 0 Å². The number of nitrogen functional groups attached to an aromatic ring is 1. The predicted molar refractivity (Wildman–Crippen MR) is 138 cm³/mol. The molecule has 11 heteroatoms. The van der Waals surface area contributed by atoms with Crippen LogP contribution in [0.15, 0.2) is 30.6 Å². The maximum atomic E-state index is 14.6. The van der Waals surface area contributed by atoms with Gasteiger partial charge in [0.1, 0.15) is 27.4 Å². The minimum atomic E-state index is -0.862. The first-order valence-corrected chi connectivity index (χ1v) is 12.5. The largest absolute Gasteiger partial charge is 0.497 e. The number of anilines is 3. The number of pyridine rings is 1. The summed E-state index contributed by atoms with van der Waals surface area (Å²) in [5.74, 6) is -1.29. The Labute approximate surface area is 212 Å². The number of hydrogen-bond acceptors (Lipinski definition) is 8. The second-order valence-electron chi connectivity index (χ2n) is 9.44. The smallest absolute Gasteiger partial charge is 0.277 e. The van der Waals surface area contributed by atoms with E-state index in [9.17, 15) is 13.6 Å². The first-order valence-electron chi connectivity index (χ1n) is 11.7. The zero-order valence-electron chi connectivity index (χ0n) is 20.4. The number of carbonyl (C=O) groups is 1.